The molecule has 0 fully saturated rings. The minimum absolute atomic E-state index is 0.161. The maximum Gasteiger partial charge on any atom is 0.268 e. The van der Waals surface area contributed by atoms with Gasteiger partial charge in [-0.05, 0) is 49.7 Å². The van der Waals surface area contributed by atoms with Gasteiger partial charge in [0.2, 0.25) is 0 Å². The van der Waals surface area contributed by atoms with Crippen LogP contribution < -0.4 is 5.32 Å². The summed E-state index contributed by atoms with van der Waals surface area (Å²) < 4.78 is 15.8. The smallest absolute Gasteiger partial charge is 0.268 e. The topological polar surface area (TPSA) is 46.9 Å². The molecule has 3 aromatic heterocycles. The Balaban J connectivity index is 1.89. The van der Waals surface area contributed by atoms with Crippen LogP contribution in [0.15, 0.2) is 54.9 Å². The number of aryl methyl sites for hydroxylation is 2. The van der Waals surface area contributed by atoms with E-state index in [2.05, 4.69) is 10.3 Å². The van der Waals surface area contributed by atoms with Gasteiger partial charge in [-0.3, -0.25) is 4.79 Å². The van der Waals surface area contributed by atoms with E-state index < -0.39 is 5.82 Å². The minimum atomic E-state index is -0.463. The van der Waals surface area contributed by atoms with Crippen molar-refractivity contribution in [2.45, 2.75) is 13.8 Å². The predicted molar refractivity (Wildman–Crippen MR) is 103 cm³/mol. The number of anilines is 1. The molecule has 4 aromatic rings. The summed E-state index contributed by atoms with van der Waals surface area (Å²) in [6, 6.07) is 11.9. The van der Waals surface area contributed by atoms with Gasteiger partial charge in [-0.1, -0.05) is 12.1 Å². The van der Waals surface area contributed by atoms with Crippen LogP contribution in [0.2, 0.25) is 0 Å². The van der Waals surface area contributed by atoms with E-state index in [-0.39, 0.29) is 11.6 Å². The van der Waals surface area contributed by atoms with E-state index >= 15 is 0 Å². The Hall–Kier alpha value is -2.99. The third-order valence-corrected chi connectivity index (χ3v) is 5.22. The van der Waals surface area contributed by atoms with Gasteiger partial charge in [0, 0.05) is 23.5 Å². The first kappa shape index (κ1) is 16.5. The van der Waals surface area contributed by atoms with E-state index in [1.165, 1.54) is 17.4 Å². The average molecular weight is 365 g/mol. The van der Waals surface area contributed by atoms with Gasteiger partial charge in [-0.2, -0.15) is 0 Å². The standard InChI is InChI=1S/C20H16FN3OS/c1-12-11-13(2)22-20-16(12)17(24-9-5-6-10-24)18(26-20)19(25)23-15-8-4-3-7-14(15)21/h3-11H,1-2H3,(H,23,25). The molecular weight excluding hydrogens is 349 g/mol. The molecule has 0 saturated carbocycles. The Labute approximate surface area is 153 Å². The molecule has 1 N–H and O–H groups in total. The van der Waals surface area contributed by atoms with E-state index in [0.29, 0.717) is 4.88 Å². The van der Waals surface area contributed by atoms with Gasteiger partial charge in [-0.15, -0.1) is 11.3 Å². The number of fused-ring (bicyclic) bond motifs is 1. The highest BCUT2D eigenvalue weighted by Crippen LogP contribution is 2.36. The number of halogens is 1. The first-order valence-electron chi connectivity index (χ1n) is 8.14. The molecule has 0 atom stereocenters. The van der Waals surface area contributed by atoms with Crippen LogP contribution in [-0.2, 0) is 0 Å². The molecule has 4 nitrogen and oxygen atoms in total. The highest BCUT2D eigenvalue weighted by Gasteiger charge is 2.22. The van der Waals surface area contributed by atoms with Crippen molar-refractivity contribution < 1.29 is 9.18 Å². The SMILES string of the molecule is Cc1cc(C)c2c(-n3cccc3)c(C(=O)Nc3ccccc3F)sc2n1. The van der Waals surface area contributed by atoms with Crippen molar-refractivity contribution in [2.24, 2.45) is 0 Å². The fraction of sp³-hybridized carbons (Fsp3) is 0.100. The Morgan fingerprint density at radius 2 is 1.88 bits per heavy atom. The molecule has 1 aromatic carbocycles. The molecule has 26 heavy (non-hydrogen) atoms. The van der Waals surface area contributed by atoms with Gasteiger partial charge in [0.1, 0.15) is 15.5 Å². The lowest BCUT2D eigenvalue weighted by molar-refractivity contribution is 0.103. The van der Waals surface area contributed by atoms with E-state index in [0.717, 1.165) is 27.2 Å². The maximum atomic E-state index is 13.9. The van der Waals surface area contributed by atoms with Crippen molar-refractivity contribution in [1.82, 2.24) is 9.55 Å². The molecule has 0 radical (unpaired) electrons. The van der Waals surface area contributed by atoms with E-state index in [1.54, 1.807) is 18.2 Å². The predicted octanol–water partition coefficient (Wildman–Crippen LogP) is 5.10. The van der Waals surface area contributed by atoms with Gasteiger partial charge >= 0.3 is 0 Å². The number of para-hydroxylation sites is 1. The number of hydrogen-bond donors (Lipinski definition) is 1. The zero-order valence-electron chi connectivity index (χ0n) is 14.3. The monoisotopic (exact) mass is 365 g/mol. The van der Waals surface area contributed by atoms with Crippen LogP contribution in [0.5, 0.6) is 0 Å². The van der Waals surface area contributed by atoms with Crippen molar-refractivity contribution in [3.05, 3.63) is 76.8 Å². The third kappa shape index (κ3) is 2.78. The second-order valence-corrected chi connectivity index (χ2v) is 7.06. The summed E-state index contributed by atoms with van der Waals surface area (Å²) in [7, 11) is 0. The second kappa shape index (κ2) is 6.38. The van der Waals surface area contributed by atoms with E-state index in [4.69, 9.17) is 0 Å². The molecule has 4 rings (SSSR count). The van der Waals surface area contributed by atoms with Gasteiger partial charge in [0.15, 0.2) is 0 Å². The Morgan fingerprint density at radius 3 is 2.62 bits per heavy atom. The number of pyridine rings is 1. The normalized spacial score (nSPS) is 11.0. The van der Waals surface area contributed by atoms with Crippen LogP contribution in [0, 0.1) is 19.7 Å². The molecule has 0 aliphatic carbocycles. The third-order valence-electron chi connectivity index (χ3n) is 4.15. The number of nitrogens with zero attached hydrogens (tertiary/aromatic N) is 2. The summed E-state index contributed by atoms with van der Waals surface area (Å²) in [6.07, 6.45) is 3.78. The molecule has 0 aliphatic heterocycles. The van der Waals surface area contributed by atoms with Crippen LogP contribution in [0.25, 0.3) is 15.9 Å². The zero-order valence-corrected chi connectivity index (χ0v) is 15.1. The lowest BCUT2D eigenvalue weighted by Crippen LogP contribution is -2.13. The molecule has 130 valence electrons. The fourth-order valence-corrected chi connectivity index (χ4v) is 4.24. The van der Waals surface area contributed by atoms with Crippen LogP contribution >= 0.6 is 11.3 Å². The van der Waals surface area contributed by atoms with Crippen molar-refractivity contribution >= 4 is 33.1 Å². The van der Waals surface area contributed by atoms with Crippen LogP contribution in [0.3, 0.4) is 0 Å². The Kier molecular flexibility index (Phi) is 4.05. The molecule has 6 heteroatoms. The summed E-state index contributed by atoms with van der Waals surface area (Å²) in [6.45, 7) is 3.94. The van der Waals surface area contributed by atoms with E-state index in [9.17, 15) is 9.18 Å². The second-order valence-electron chi connectivity index (χ2n) is 6.06. The Morgan fingerprint density at radius 1 is 1.15 bits per heavy atom. The van der Waals surface area contributed by atoms with Crippen LogP contribution in [-0.4, -0.2) is 15.5 Å². The number of hydrogen-bond acceptors (Lipinski definition) is 3. The number of carbonyl (C=O) groups excluding carboxylic acids is 1. The summed E-state index contributed by atoms with van der Waals surface area (Å²) in [4.78, 5) is 18.8. The van der Waals surface area contributed by atoms with Gasteiger partial charge in [-0.25, -0.2) is 9.37 Å². The quantitative estimate of drug-likeness (QED) is 0.549. The van der Waals surface area contributed by atoms with Crippen molar-refractivity contribution in [3.8, 4) is 5.69 Å². The molecule has 0 bridgehead atoms. The number of nitrogens with one attached hydrogen (secondary N) is 1. The van der Waals surface area contributed by atoms with Gasteiger partial charge in [0.05, 0.1) is 11.4 Å². The largest absolute Gasteiger partial charge is 0.322 e. The molecule has 0 aliphatic rings. The van der Waals surface area contributed by atoms with Crippen molar-refractivity contribution in [1.29, 1.82) is 0 Å². The first-order valence-corrected chi connectivity index (χ1v) is 8.96. The summed E-state index contributed by atoms with van der Waals surface area (Å²) in [5, 5.41) is 3.62. The highest BCUT2D eigenvalue weighted by atomic mass is 32.1. The van der Waals surface area contributed by atoms with Gasteiger partial charge in [0.25, 0.3) is 5.91 Å². The number of amides is 1. The molecule has 0 unspecified atom stereocenters. The number of carbonyl (C=O) groups is 1. The zero-order chi connectivity index (χ0) is 18.3. The van der Waals surface area contributed by atoms with Gasteiger partial charge < -0.3 is 9.88 Å². The van der Waals surface area contributed by atoms with Crippen LogP contribution in [0.1, 0.15) is 20.9 Å². The number of aromatic nitrogens is 2. The highest BCUT2D eigenvalue weighted by molar-refractivity contribution is 7.21. The summed E-state index contributed by atoms with van der Waals surface area (Å²) >= 11 is 1.32. The maximum absolute atomic E-state index is 13.9. The number of benzene rings is 1. The Bertz CT molecular complexity index is 1120. The molecule has 3 heterocycles. The fourth-order valence-electron chi connectivity index (χ4n) is 3.05. The first-order chi connectivity index (χ1) is 12.5. The number of thiophene rings is 1. The number of rotatable bonds is 3. The lowest BCUT2D eigenvalue weighted by Gasteiger charge is -2.09. The average Bonchev–Trinajstić information content (AvgIpc) is 3.23. The molecule has 1 amide bonds. The molecule has 0 saturated heterocycles. The van der Waals surface area contributed by atoms with Crippen LogP contribution in [0.4, 0.5) is 10.1 Å². The minimum Gasteiger partial charge on any atom is -0.322 e. The molecule has 0 spiro atoms. The van der Waals surface area contributed by atoms with E-state index in [1.807, 2.05) is 49.0 Å². The summed E-state index contributed by atoms with van der Waals surface area (Å²) in [5.41, 5.74) is 2.89. The van der Waals surface area contributed by atoms with Crippen molar-refractivity contribution in [2.75, 3.05) is 5.32 Å². The molecular formula is C20H16FN3OS. The lowest BCUT2D eigenvalue weighted by atomic mass is 10.1. The van der Waals surface area contributed by atoms with Crippen molar-refractivity contribution in [3.63, 3.8) is 0 Å². The summed E-state index contributed by atoms with van der Waals surface area (Å²) in [5.74, 6) is -0.812.